The summed E-state index contributed by atoms with van der Waals surface area (Å²) in [4.78, 5) is 3.79. The summed E-state index contributed by atoms with van der Waals surface area (Å²) in [6.45, 7) is 0. The monoisotopic (exact) mass is 274 g/mol. The Hall–Kier alpha value is -1.10. The number of aliphatic hydroxyl groups is 1. The van der Waals surface area contributed by atoms with Gasteiger partial charge in [-0.2, -0.15) is 4.98 Å². The molecule has 0 fully saturated rings. The normalized spacial score (nSPS) is 15.2. The van der Waals surface area contributed by atoms with Gasteiger partial charge in [0.25, 0.3) is 0 Å². The molecule has 0 bridgehead atoms. The van der Waals surface area contributed by atoms with E-state index in [-0.39, 0.29) is 17.6 Å². The van der Waals surface area contributed by atoms with Crippen molar-refractivity contribution in [2.75, 3.05) is 0 Å². The highest BCUT2D eigenvalue weighted by atomic mass is 35.5. The van der Waals surface area contributed by atoms with Crippen LogP contribution < -0.4 is 0 Å². The number of nitrogens with zero attached hydrogens (tertiary/aromatic N) is 2. The first-order chi connectivity index (χ1) is 8.95. The second-order valence-corrected chi connectivity index (χ2v) is 3.95. The van der Waals surface area contributed by atoms with E-state index < -0.39 is 12.5 Å². The van der Waals surface area contributed by atoms with Crippen molar-refractivity contribution in [3.63, 3.8) is 0 Å². The van der Waals surface area contributed by atoms with Crippen molar-refractivity contribution in [1.29, 1.82) is 0 Å². The second kappa shape index (κ2) is 5.49. The Bertz CT molecular complexity index is 560. The summed E-state index contributed by atoms with van der Waals surface area (Å²) in [7, 11) is 0. The van der Waals surface area contributed by atoms with Crippen LogP contribution in [-0.2, 0) is 12.3 Å². The van der Waals surface area contributed by atoms with E-state index in [9.17, 15) is 5.11 Å². The SMILES string of the molecule is [2H]C([2H])(c1noc(CCl)n1)C(O)c1ccc(Cl)cc1. The number of hydrogen-bond acceptors (Lipinski definition) is 4. The molecule has 1 unspecified atom stereocenters. The van der Waals surface area contributed by atoms with E-state index in [1.165, 1.54) is 12.1 Å². The van der Waals surface area contributed by atoms with E-state index in [1.54, 1.807) is 12.1 Å². The van der Waals surface area contributed by atoms with E-state index in [2.05, 4.69) is 10.1 Å². The molecule has 1 atom stereocenters. The second-order valence-electron chi connectivity index (χ2n) is 3.24. The first-order valence-electron chi connectivity index (χ1n) is 5.77. The average Bonchev–Trinajstić information content (AvgIpc) is 2.88. The van der Waals surface area contributed by atoms with Crippen LogP contribution in [0.1, 0.15) is 26.1 Å². The van der Waals surface area contributed by atoms with Gasteiger partial charge >= 0.3 is 0 Å². The average molecular weight is 275 g/mol. The van der Waals surface area contributed by atoms with Crippen LogP contribution in [0.3, 0.4) is 0 Å². The minimum absolute atomic E-state index is 0.0138. The quantitative estimate of drug-likeness (QED) is 0.871. The van der Waals surface area contributed by atoms with E-state index in [0.29, 0.717) is 10.6 Å². The number of benzene rings is 1. The van der Waals surface area contributed by atoms with Crippen LogP contribution >= 0.6 is 23.2 Å². The molecule has 1 N–H and O–H groups in total. The number of rotatable bonds is 4. The van der Waals surface area contributed by atoms with Gasteiger partial charge in [-0.15, -0.1) is 11.6 Å². The van der Waals surface area contributed by atoms with Gasteiger partial charge in [-0.3, -0.25) is 0 Å². The zero-order chi connectivity index (χ0) is 14.0. The number of alkyl halides is 1. The molecule has 4 nitrogen and oxygen atoms in total. The van der Waals surface area contributed by atoms with Gasteiger partial charge < -0.3 is 9.63 Å². The number of hydrogen-bond donors (Lipinski definition) is 1. The lowest BCUT2D eigenvalue weighted by Crippen LogP contribution is -2.03. The lowest BCUT2D eigenvalue weighted by Gasteiger charge is -2.07. The van der Waals surface area contributed by atoms with Crippen molar-refractivity contribution in [3.8, 4) is 0 Å². The van der Waals surface area contributed by atoms with Gasteiger partial charge in [-0.05, 0) is 17.7 Å². The molecule has 0 aliphatic rings. The maximum absolute atomic E-state index is 10.1. The Labute approximate surface area is 111 Å². The fourth-order valence-electron chi connectivity index (χ4n) is 1.22. The molecule has 90 valence electrons. The molecule has 0 spiro atoms. The lowest BCUT2D eigenvalue weighted by molar-refractivity contribution is 0.174. The largest absolute Gasteiger partial charge is 0.388 e. The number of halogens is 2. The van der Waals surface area contributed by atoms with E-state index in [4.69, 9.17) is 30.5 Å². The van der Waals surface area contributed by atoms with Crippen molar-refractivity contribution in [1.82, 2.24) is 10.1 Å². The summed E-state index contributed by atoms with van der Waals surface area (Å²) in [5.74, 6) is -0.158. The smallest absolute Gasteiger partial charge is 0.241 e. The summed E-state index contributed by atoms with van der Waals surface area (Å²) in [5.41, 5.74) is 0.367. The molecule has 0 aliphatic carbocycles. The highest BCUT2D eigenvalue weighted by Crippen LogP contribution is 2.19. The van der Waals surface area contributed by atoms with Gasteiger partial charge in [0, 0.05) is 14.1 Å². The van der Waals surface area contributed by atoms with Gasteiger partial charge in [0.05, 0.1) is 6.10 Å². The van der Waals surface area contributed by atoms with Crippen LogP contribution in [0.4, 0.5) is 0 Å². The molecule has 0 amide bonds. The molecule has 2 rings (SSSR count). The van der Waals surface area contributed by atoms with Gasteiger partial charge in [0.1, 0.15) is 5.88 Å². The van der Waals surface area contributed by atoms with E-state index in [0.717, 1.165) is 0 Å². The van der Waals surface area contributed by atoms with Crippen LogP contribution in [0.25, 0.3) is 0 Å². The predicted octanol–water partition coefficient (Wildman–Crippen LogP) is 2.74. The molecule has 0 saturated carbocycles. The topological polar surface area (TPSA) is 59.2 Å². The number of aliphatic hydroxyl groups excluding tert-OH is 1. The van der Waals surface area contributed by atoms with Crippen molar-refractivity contribution < 1.29 is 12.4 Å². The third kappa shape index (κ3) is 3.19. The zero-order valence-electron chi connectivity index (χ0n) is 10.6. The fraction of sp³-hybridized carbons (Fsp3) is 0.273. The molecule has 1 aromatic heterocycles. The number of aromatic nitrogens is 2. The molecule has 17 heavy (non-hydrogen) atoms. The molecular weight excluding hydrogens is 263 g/mol. The summed E-state index contributed by atoms with van der Waals surface area (Å²) in [5, 5.41) is 14.1. The molecular formula is C11H10Cl2N2O2. The van der Waals surface area contributed by atoms with E-state index >= 15 is 0 Å². The molecule has 0 aliphatic heterocycles. The molecule has 1 aromatic carbocycles. The molecule has 2 aromatic rings. The van der Waals surface area contributed by atoms with Crippen LogP contribution in [0.15, 0.2) is 28.8 Å². The van der Waals surface area contributed by atoms with E-state index in [1.807, 2.05) is 0 Å². The molecule has 6 heteroatoms. The third-order valence-electron chi connectivity index (χ3n) is 2.03. The van der Waals surface area contributed by atoms with Crippen molar-refractivity contribution >= 4 is 23.2 Å². The Morgan fingerprint density at radius 3 is 2.71 bits per heavy atom. The molecule has 0 saturated heterocycles. The summed E-state index contributed by atoms with van der Waals surface area (Å²) < 4.78 is 20.6. The minimum Gasteiger partial charge on any atom is -0.388 e. The maximum atomic E-state index is 10.1. The standard InChI is InChI=1S/C11H10Cl2N2O2/c12-6-11-14-10(15-17-11)5-9(16)7-1-3-8(13)4-2-7/h1-4,9,16H,5-6H2/i5D2. The van der Waals surface area contributed by atoms with Crippen molar-refractivity contribution in [3.05, 3.63) is 46.6 Å². The van der Waals surface area contributed by atoms with Crippen LogP contribution in [0.2, 0.25) is 5.02 Å². The fourth-order valence-corrected chi connectivity index (χ4v) is 1.45. The minimum atomic E-state index is -2.19. The van der Waals surface area contributed by atoms with Crippen LogP contribution in [0.5, 0.6) is 0 Å². The van der Waals surface area contributed by atoms with Gasteiger partial charge in [-0.1, -0.05) is 28.9 Å². The molecule has 0 radical (unpaired) electrons. The lowest BCUT2D eigenvalue weighted by atomic mass is 10.1. The van der Waals surface area contributed by atoms with Gasteiger partial charge in [0.15, 0.2) is 5.82 Å². The van der Waals surface area contributed by atoms with Gasteiger partial charge in [-0.25, -0.2) is 0 Å². The van der Waals surface area contributed by atoms with Crippen LogP contribution in [0, 0.1) is 0 Å². The van der Waals surface area contributed by atoms with Crippen molar-refractivity contribution in [2.45, 2.75) is 18.4 Å². The first kappa shape index (κ1) is 9.88. The third-order valence-corrected chi connectivity index (χ3v) is 2.51. The first-order valence-corrected chi connectivity index (χ1v) is 5.69. The van der Waals surface area contributed by atoms with Crippen LogP contribution in [-0.4, -0.2) is 15.2 Å². The Morgan fingerprint density at radius 1 is 1.41 bits per heavy atom. The molecule has 1 heterocycles. The maximum Gasteiger partial charge on any atom is 0.241 e. The zero-order valence-corrected chi connectivity index (χ0v) is 10.1. The van der Waals surface area contributed by atoms with Gasteiger partial charge in [0.2, 0.25) is 5.89 Å². The highest BCUT2D eigenvalue weighted by molar-refractivity contribution is 6.30. The Kier molecular flexibility index (Phi) is 3.19. The summed E-state index contributed by atoms with van der Waals surface area (Å²) in [6.07, 6.45) is -3.63. The highest BCUT2D eigenvalue weighted by Gasteiger charge is 2.13. The summed E-state index contributed by atoms with van der Waals surface area (Å²) >= 11 is 11.2. The Balaban J connectivity index is 2.29. The predicted molar refractivity (Wildman–Crippen MR) is 64.0 cm³/mol. The van der Waals surface area contributed by atoms with Crippen molar-refractivity contribution in [2.24, 2.45) is 0 Å². The Morgan fingerprint density at radius 2 is 2.12 bits per heavy atom. The summed E-state index contributed by atoms with van der Waals surface area (Å²) in [6, 6.07) is 6.20.